The highest BCUT2D eigenvalue weighted by molar-refractivity contribution is 8.01. The zero-order valence-electron chi connectivity index (χ0n) is 28.7. The van der Waals surface area contributed by atoms with Crippen molar-refractivity contribution in [2.45, 2.75) is 121 Å². The molecule has 0 spiro atoms. The first-order chi connectivity index (χ1) is 24.9. The number of allylic oxidation sites excluding steroid dienone is 4. The molecule has 6 aliphatic heterocycles. The van der Waals surface area contributed by atoms with Gasteiger partial charge in [-0.05, 0) is 67.3 Å². The third-order valence-corrected chi connectivity index (χ3v) is 18.5. The molecule has 3 saturated carbocycles. The minimum absolute atomic E-state index is 0.337. The van der Waals surface area contributed by atoms with Gasteiger partial charge in [-0.15, -0.1) is 23.5 Å². The highest BCUT2D eigenvalue weighted by Crippen LogP contribution is 2.63. The molecule has 250 valence electrons. The summed E-state index contributed by atoms with van der Waals surface area (Å²) in [6.45, 7) is 0.750. The zero-order valence-corrected chi connectivity index (χ0v) is 30.3. The van der Waals surface area contributed by atoms with E-state index >= 15 is 0 Å². The number of benzene rings is 3. The van der Waals surface area contributed by atoms with Crippen LogP contribution in [0.25, 0.3) is 16.7 Å². The Balaban J connectivity index is 1.08. The Morgan fingerprint density at radius 3 is 1.84 bits per heavy atom. The number of hydrogen-bond acceptors (Lipinski definition) is 6. The van der Waals surface area contributed by atoms with Crippen molar-refractivity contribution in [2.24, 2.45) is 0 Å². The van der Waals surface area contributed by atoms with E-state index in [1.165, 1.54) is 92.3 Å². The van der Waals surface area contributed by atoms with Gasteiger partial charge in [0, 0.05) is 79.8 Å². The lowest BCUT2D eigenvalue weighted by Crippen LogP contribution is -2.74. The Labute approximate surface area is 306 Å². The lowest BCUT2D eigenvalue weighted by molar-refractivity contribution is 0.114. The second-order valence-corrected chi connectivity index (χ2v) is 19.7. The molecule has 0 bridgehead atoms. The summed E-state index contributed by atoms with van der Waals surface area (Å²) >= 11 is 4.97. The monoisotopic (exact) mass is 690 g/mol. The molecule has 3 aromatic rings. The van der Waals surface area contributed by atoms with Crippen LogP contribution in [0.2, 0.25) is 0 Å². The van der Waals surface area contributed by atoms with Crippen LogP contribution in [0.4, 0.5) is 11.4 Å². The number of thioether (sulfide) groups is 2. The second kappa shape index (κ2) is 10.6. The van der Waals surface area contributed by atoms with Crippen molar-refractivity contribution in [3.63, 3.8) is 0 Å². The van der Waals surface area contributed by atoms with Gasteiger partial charge in [0.1, 0.15) is 0 Å². The smallest absolute Gasteiger partial charge is 0.380 e. The van der Waals surface area contributed by atoms with Gasteiger partial charge in [0.25, 0.3) is 0 Å². The van der Waals surface area contributed by atoms with Crippen LogP contribution in [0.1, 0.15) is 69.8 Å². The summed E-state index contributed by atoms with van der Waals surface area (Å²) < 4.78 is 0. The first-order valence-electron chi connectivity index (χ1n) is 20.0. The summed E-state index contributed by atoms with van der Waals surface area (Å²) in [4.78, 5) is 12.6. The largest absolute Gasteiger partial charge is 0.391 e. The predicted octanol–water partition coefficient (Wildman–Crippen LogP) is 7.49. The van der Waals surface area contributed by atoms with E-state index in [9.17, 15) is 0 Å². The van der Waals surface area contributed by atoms with Crippen molar-refractivity contribution < 1.29 is 0 Å². The summed E-state index contributed by atoms with van der Waals surface area (Å²) in [6.07, 6.45) is 18.5. The number of nitrogens with zero attached hydrogens (tertiary/aromatic N) is 4. The summed E-state index contributed by atoms with van der Waals surface area (Å²) in [5.74, 6) is 0. The van der Waals surface area contributed by atoms with Gasteiger partial charge in [0.05, 0.1) is 0 Å². The maximum Gasteiger partial charge on any atom is 0.380 e. The van der Waals surface area contributed by atoms with E-state index in [1.807, 2.05) is 0 Å². The lowest BCUT2D eigenvalue weighted by atomic mass is 9.56. The predicted molar refractivity (Wildman–Crippen MR) is 213 cm³/mol. The van der Waals surface area contributed by atoms with Crippen LogP contribution in [-0.4, -0.2) is 80.8 Å². The Hall–Kier alpha value is -2.51. The molecule has 0 amide bonds. The first-order valence-corrected chi connectivity index (χ1v) is 21.9. The highest BCUT2D eigenvalue weighted by Gasteiger charge is 2.74. The topological polar surface area (TPSA) is 13.0 Å². The average molecular weight is 691 g/mol. The number of rotatable bonds is 0. The van der Waals surface area contributed by atoms with E-state index in [0.29, 0.717) is 60.7 Å². The van der Waals surface area contributed by atoms with Crippen LogP contribution in [0, 0.1) is 0 Å². The molecule has 3 aromatic carbocycles. The van der Waals surface area contributed by atoms with E-state index in [4.69, 9.17) is 0 Å². The van der Waals surface area contributed by atoms with Crippen LogP contribution in [0.3, 0.4) is 0 Å². The molecule has 4 saturated heterocycles. The normalized spacial score (nSPS) is 38.6. The SMILES string of the molecule is C1=CC2=C(CC1)B1N(c3ccccc32)C2C3SC4CCCCC4N4B5c6ccccc6-c6ccccc6N5C(C5SC6CCCCC6N1C52)C34. The van der Waals surface area contributed by atoms with Crippen LogP contribution >= 0.6 is 23.5 Å². The summed E-state index contributed by atoms with van der Waals surface area (Å²) in [6, 6.07) is 32.2. The fourth-order valence-electron chi connectivity index (χ4n) is 13.4. The molecular weight excluding hydrogens is 646 g/mol. The van der Waals surface area contributed by atoms with E-state index in [2.05, 4.69) is 128 Å². The Morgan fingerprint density at radius 2 is 1.12 bits per heavy atom. The fraction of sp³-hybridized carbons (Fsp3) is 0.476. The van der Waals surface area contributed by atoms with Gasteiger partial charge in [-0.3, -0.25) is 0 Å². The van der Waals surface area contributed by atoms with Gasteiger partial charge < -0.3 is 19.2 Å². The number of anilines is 2. The lowest BCUT2D eigenvalue weighted by Gasteiger charge is -2.61. The van der Waals surface area contributed by atoms with Crippen molar-refractivity contribution in [1.29, 1.82) is 0 Å². The summed E-state index contributed by atoms with van der Waals surface area (Å²) in [5, 5.41) is 2.65. The molecular formula is C42H44B2N4S2. The molecule has 8 heteroatoms. The molecule has 0 aromatic heterocycles. The molecule has 4 aliphatic carbocycles. The van der Waals surface area contributed by atoms with Crippen LogP contribution in [-0.2, 0) is 0 Å². The Bertz CT molecular complexity index is 2000. The molecule has 10 atom stereocenters. The average Bonchev–Trinajstić information content (AvgIpc) is 3.74. The number of hydrogen-bond donors (Lipinski definition) is 0. The van der Waals surface area contributed by atoms with E-state index in [-0.39, 0.29) is 0 Å². The maximum absolute atomic E-state index is 3.24. The minimum Gasteiger partial charge on any atom is -0.391 e. The molecule has 10 unspecified atom stereocenters. The van der Waals surface area contributed by atoms with Gasteiger partial charge >= 0.3 is 14.0 Å². The molecule has 13 rings (SSSR count). The fourth-order valence-corrected chi connectivity index (χ4v) is 17.6. The van der Waals surface area contributed by atoms with Crippen molar-refractivity contribution in [2.75, 3.05) is 9.62 Å². The van der Waals surface area contributed by atoms with Gasteiger partial charge in [0.2, 0.25) is 0 Å². The van der Waals surface area contributed by atoms with E-state index in [1.54, 1.807) is 16.5 Å². The summed E-state index contributed by atoms with van der Waals surface area (Å²) in [7, 11) is 0. The summed E-state index contributed by atoms with van der Waals surface area (Å²) in [5.41, 5.74) is 12.3. The van der Waals surface area contributed by atoms with Crippen molar-refractivity contribution in [1.82, 2.24) is 9.62 Å². The van der Waals surface area contributed by atoms with Gasteiger partial charge in [-0.2, -0.15) is 0 Å². The third kappa shape index (κ3) is 3.54. The van der Waals surface area contributed by atoms with Gasteiger partial charge in [-0.1, -0.05) is 104 Å². The third-order valence-electron chi connectivity index (χ3n) is 14.9. The Morgan fingerprint density at radius 1 is 0.560 bits per heavy atom. The van der Waals surface area contributed by atoms with E-state index < -0.39 is 0 Å². The standard InChI is InChI=1S/C42H44B2N4S2/c1-5-17-29-25(13-1)27-15-3-7-19-31(27)45-37-39-42(49-35-23-11-9-21-33(35)47(39)43(29)45)38-40-41(37)50-36-24-12-10-22-34(36)48(40)44-30-18-6-2-14-26(30)28-16-4-8-20-32(28)46(38)44/h1-5,7-8,13-17,19-20,33-42H,6,9-12,18,21-24H2. The molecule has 0 radical (unpaired) electrons. The molecule has 0 N–H and O–H groups in total. The second-order valence-electron chi connectivity index (χ2n) is 16.9. The molecule has 10 aliphatic rings. The van der Waals surface area contributed by atoms with Crippen molar-refractivity contribution in [3.05, 3.63) is 96.0 Å². The van der Waals surface area contributed by atoms with Crippen LogP contribution in [0.5, 0.6) is 0 Å². The first kappa shape index (κ1) is 29.0. The molecule has 6 heterocycles. The molecule has 7 fully saturated rings. The molecule has 50 heavy (non-hydrogen) atoms. The van der Waals surface area contributed by atoms with E-state index in [0.717, 1.165) is 10.5 Å². The van der Waals surface area contributed by atoms with Crippen molar-refractivity contribution in [3.8, 4) is 11.1 Å². The number of para-hydroxylation sites is 2. The zero-order chi connectivity index (χ0) is 32.2. The molecule has 4 nitrogen and oxygen atoms in total. The van der Waals surface area contributed by atoms with Crippen LogP contribution in [0.15, 0.2) is 90.4 Å². The van der Waals surface area contributed by atoms with Crippen LogP contribution < -0.4 is 15.1 Å². The van der Waals surface area contributed by atoms with Crippen molar-refractivity contribution >= 4 is 59.9 Å². The minimum atomic E-state index is 0.337. The Kier molecular flexibility index (Phi) is 6.12. The maximum atomic E-state index is 3.24. The quantitative estimate of drug-likeness (QED) is 0.225. The van der Waals surface area contributed by atoms with Gasteiger partial charge in [0.15, 0.2) is 0 Å². The number of fused-ring (bicyclic) bond motifs is 21. The highest BCUT2D eigenvalue weighted by atomic mass is 32.2. The van der Waals surface area contributed by atoms with Gasteiger partial charge in [-0.25, -0.2) is 0 Å².